The Morgan fingerprint density at radius 2 is 2.19 bits per heavy atom. The van der Waals surface area contributed by atoms with Gasteiger partial charge in [-0.3, -0.25) is 5.10 Å². The Balaban J connectivity index is 2.45. The van der Waals surface area contributed by atoms with Crippen molar-refractivity contribution < 1.29 is 8.42 Å². The number of aryl methyl sites for hydroxylation is 1. The average Bonchev–Trinajstić information content (AvgIpc) is 2.65. The number of aromatic nitrogens is 2. The van der Waals surface area contributed by atoms with Crippen molar-refractivity contribution in [3.63, 3.8) is 0 Å². The van der Waals surface area contributed by atoms with E-state index in [4.69, 9.17) is 11.6 Å². The zero-order chi connectivity index (χ0) is 12.0. The van der Waals surface area contributed by atoms with Crippen molar-refractivity contribution in [3.05, 3.63) is 11.9 Å². The minimum absolute atomic E-state index is 0.213. The molecule has 0 atom stereocenters. The molecule has 1 aromatic heterocycles. The molecular weight excluding hydrogens is 250 g/mol. The highest BCUT2D eigenvalue weighted by Crippen LogP contribution is 2.10. The zero-order valence-electron chi connectivity index (χ0n) is 9.16. The highest BCUT2D eigenvalue weighted by Gasteiger charge is 2.17. The smallest absolute Gasteiger partial charge is 0.243 e. The summed E-state index contributed by atoms with van der Waals surface area (Å²) in [6.07, 6.45) is 3.95. The first-order chi connectivity index (χ1) is 7.58. The van der Waals surface area contributed by atoms with E-state index >= 15 is 0 Å². The summed E-state index contributed by atoms with van der Waals surface area (Å²) in [6, 6.07) is 0. The van der Waals surface area contributed by atoms with Gasteiger partial charge >= 0.3 is 0 Å². The number of rotatable bonds is 7. The molecule has 0 radical (unpaired) electrons. The number of hydrogen-bond acceptors (Lipinski definition) is 3. The summed E-state index contributed by atoms with van der Waals surface area (Å²) in [7, 11) is -3.41. The minimum Gasteiger partial charge on any atom is -0.281 e. The standard InChI is InChI=1S/C9H16ClN3O2S/c1-8-9(7-11-13-8)16(14,15)12-6-4-2-3-5-10/h7,12H,2-6H2,1H3,(H,11,13). The van der Waals surface area contributed by atoms with Crippen LogP contribution in [0.25, 0.3) is 0 Å². The highest BCUT2D eigenvalue weighted by atomic mass is 35.5. The molecule has 92 valence electrons. The van der Waals surface area contributed by atoms with Gasteiger partial charge in [0.05, 0.1) is 11.9 Å². The molecule has 0 saturated carbocycles. The number of aromatic amines is 1. The van der Waals surface area contributed by atoms with Gasteiger partial charge in [-0.1, -0.05) is 6.42 Å². The summed E-state index contributed by atoms with van der Waals surface area (Å²) in [6.45, 7) is 2.11. The van der Waals surface area contributed by atoms with Crippen molar-refractivity contribution in [2.24, 2.45) is 0 Å². The molecule has 0 aliphatic heterocycles. The topological polar surface area (TPSA) is 74.8 Å². The molecule has 0 aliphatic carbocycles. The second kappa shape index (κ2) is 6.22. The fraction of sp³-hybridized carbons (Fsp3) is 0.667. The number of alkyl halides is 1. The highest BCUT2D eigenvalue weighted by molar-refractivity contribution is 7.89. The molecular formula is C9H16ClN3O2S. The lowest BCUT2D eigenvalue weighted by Crippen LogP contribution is -2.25. The van der Waals surface area contributed by atoms with Gasteiger partial charge in [-0.25, -0.2) is 13.1 Å². The maximum absolute atomic E-state index is 11.7. The molecule has 0 saturated heterocycles. The summed E-state index contributed by atoms with van der Waals surface area (Å²) in [4.78, 5) is 0.213. The third kappa shape index (κ3) is 3.77. The van der Waals surface area contributed by atoms with Crippen molar-refractivity contribution in [2.75, 3.05) is 12.4 Å². The molecule has 0 unspecified atom stereocenters. The zero-order valence-corrected chi connectivity index (χ0v) is 10.7. The average molecular weight is 266 g/mol. The van der Waals surface area contributed by atoms with E-state index in [-0.39, 0.29) is 4.90 Å². The van der Waals surface area contributed by atoms with Gasteiger partial charge in [-0.2, -0.15) is 5.10 Å². The second-order valence-corrected chi connectivity index (χ2v) is 5.62. The van der Waals surface area contributed by atoms with Gasteiger partial charge in [0.2, 0.25) is 10.0 Å². The number of unbranched alkanes of at least 4 members (excludes halogenated alkanes) is 2. The van der Waals surface area contributed by atoms with Crippen molar-refractivity contribution in [1.29, 1.82) is 0 Å². The Kier molecular flexibility index (Phi) is 5.24. The lowest BCUT2D eigenvalue weighted by Gasteiger charge is -2.04. The van der Waals surface area contributed by atoms with Crippen LogP contribution in [0.4, 0.5) is 0 Å². The van der Waals surface area contributed by atoms with E-state index in [9.17, 15) is 8.42 Å². The molecule has 0 aliphatic rings. The van der Waals surface area contributed by atoms with Crippen molar-refractivity contribution in [3.8, 4) is 0 Å². The van der Waals surface area contributed by atoms with Crippen molar-refractivity contribution in [2.45, 2.75) is 31.1 Å². The van der Waals surface area contributed by atoms with Crippen LogP contribution in [0.5, 0.6) is 0 Å². The van der Waals surface area contributed by atoms with E-state index in [2.05, 4.69) is 14.9 Å². The summed E-state index contributed by atoms with van der Waals surface area (Å²) in [5, 5.41) is 6.28. The number of hydrogen-bond donors (Lipinski definition) is 2. The van der Waals surface area contributed by atoms with Gasteiger partial charge in [0.15, 0.2) is 0 Å². The van der Waals surface area contributed by atoms with E-state index in [0.717, 1.165) is 19.3 Å². The van der Waals surface area contributed by atoms with Gasteiger partial charge < -0.3 is 0 Å². The molecule has 1 rings (SSSR count). The fourth-order valence-electron chi connectivity index (χ4n) is 1.29. The molecule has 0 amide bonds. The molecule has 1 heterocycles. The van der Waals surface area contributed by atoms with Crippen LogP contribution >= 0.6 is 11.6 Å². The van der Waals surface area contributed by atoms with E-state index < -0.39 is 10.0 Å². The van der Waals surface area contributed by atoms with Gasteiger partial charge in [0.1, 0.15) is 4.90 Å². The maximum atomic E-state index is 11.7. The molecule has 0 fully saturated rings. The first-order valence-corrected chi connectivity index (χ1v) is 7.15. The van der Waals surface area contributed by atoms with E-state index in [1.165, 1.54) is 6.20 Å². The van der Waals surface area contributed by atoms with Gasteiger partial charge in [-0.05, 0) is 19.8 Å². The fourth-order valence-corrected chi connectivity index (χ4v) is 2.69. The van der Waals surface area contributed by atoms with Crippen LogP contribution in [0.15, 0.2) is 11.1 Å². The number of sulfonamides is 1. The molecule has 7 heteroatoms. The Bertz CT molecular complexity index is 416. The molecule has 0 spiro atoms. The largest absolute Gasteiger partial charge is 0.281 e. The van der Waals surface area contributed by atoms with Crippen LogP contribution in [0, 0.1) is 6.92 Å². The Hall–Kier alpha value is -0.590. The third-order valence-electron chi connectivity index (χ3n) is 2.18. The first-order valence-electron chi connectivity index (χ1n) is 5.13. The van der Waals surface area contributed by atoms with E-state index in [1.54, 1.807) is 6.92 Å². The second-order valence-electron chi connectivity index (χ2n) is 3.51. The van der Waals surface area contributed by atoms with Crippen LogP contribution in [-0.4, -0.2) is 31.0 Å². The van der Waals surface area contributed by atoms with Crippen LogP contribution in [0.1, 0.15) is 25.0 Å². The third-order valence-corrected chi connectivity index (χ3v) is 4.02. The predicted molar refractivity (Wildman–Crippen MR) is 63.1 cm³/mol. The number of H-pyrrole nitrogens is 1. The SMILES string of the molecule is Cc1[nH]ncc1S(=O)(=O)NCCCCCCl. The molecule has 5 nitrogen and oxygen atoms in total. The van der Waals surface area contributed by atoms with Crippen LogP contribution < -0.4 is 4.72 Å². The Morgan fingerprint density at radius 1 is 1.44 bits per heavy atom. The van der Waals surface area contributed by atoms with Crippen LogP contribution in [0.2, 0.25) is 0 Å². The van der Waals surface area contributed by atoms with Crippen molar-refractivity contribution >= 4 is 21.6 Å². The Labute approximate surface area is 101 Å². The molecule has 16 heavy (non-hydrogen) atoms. The molecule has 0 bridgehead atoms. The quantitative estimate of drug-likeness (QED) is 0.578. The van der Waals surface area contributed by atoms with Crippen LogP contribution in [0.3, 0.4) is 0 Å². The maximum Gasteiger partial charge on any atom is 0.243 e. The van der Waals surface area contributed by atoms with E-state index in [1.807, 2.05) is 0 Å². The number of nitrogens with one attached hydrogen (secondary N) is 2. The lowest BCUT2D eigenvalue weighted by molar-refractivity contribution is 0.575. The Morgan fingerprint density at radius 3 is 2.75 bits per heavy atom. The van der Waals surface area contributed by atoms with Gasteiger partial charge in [0.25, 0.3) is 0 Å². The van der Waals surface area contributed by atoms with Gasteiger partial charge in [0, 0.05) is 12.4 Å². The number of nitrogens with zero attached hydrogens (tertiary/aromatic N) is 1. The van der Waals surface area contributed by atoms with Gasteiger partial charge in [-0.15, -0.1) is 11.6 Å². The van der Waals surface area contributed by atoms with Crippen LogP contribution in [-0.2, 0) is 10.0 Å². The monoisotopic (exact) mass is 265 g/mol. The summed E-state index contributed by atoms with van der Waals surface area (Å²) < 4.78 is 26.0. The minimum atomic E-state index is -3.41. The molecule has 2 N–H and O–H groups in total. The lowest BCUT2D eigenvalue weighted by atomic mass is 10.2. The normalized spacial score (nSPS) is 11.9. The molecule has 0 aromatic carbocycles. The number of halogens is 1. The molecule has 1 aromatic rings. The predicted octanol–water partition coefficient (Wildman–Crippen LogP) is 1.41. The van der Waals surface area contributed by atoms with E-state index in [0.29, 0.717) is 18.1 Å². The summed E-state index contributed by atoms with van der Waals surface area (Å²) in [5.41, 5.74) is 0.549. The summed E-state index contributed by atoms with van der Waals surface area (Å²) in [5.74, 6) is 0.619. The first kappa shape index (κ1) is 13.5. The summed E-state index contributed by atoms with van der Waals surface area (Å²) >= 11 is 5.52. The van der Waals surface area contributed by atoms with Crippen molar-refractivity contribution in [1.82, 2.24) is 14.9 Å².